The Morgan fingerprint density at radius 1 is 1.14 bits per heavy atom. The van der Waals surface area contributed by atoms with Gasteiger partial charge in [-0.2, -0.15) is 10.2 Å². The fourth-order valence-electron chi connectivity index (χ4n) is 3.61. The Balaban J connectivity index is 1.34. The van der Waals surface area contributed by atoms with Crippen molar-refractivity contribution in [3.8, 4) is 23.7 Å². The van der Waals surface area contributed by atoms with E-state index in [0.717, 1.165) is 42.3 Å². The summed E-state index contributed by atoms with van der Waals surface area (Å²) in [6.07, 6.45) is 12.2. The number of fused-ring (bicyclic) bond motifs is 1. The normalized spacial score (nSPS) is 16.7. The number of terminal acetylenes is 1. The number of benzene rings is 1. The zero-order valence-corrected chi connectivity index (χ0v) is 15.9. The monoisotopic (exact) mass is 376 g/mol. The van der Waals surface area contributed by atoms with Crippen LogP contribution in [0.1, 0.15) is 50.8 Å². The molecular formula is C21H24N6O. The third-order valence-corrected chi connectivity index (χ3v) is 5.34. The topological polar surface area (TPSA) is 84.5 Å². The van der Waals surface area contributed by atoms with Crippen molar-refractivity contribution in [2.45, 2.75) is 63.6 Å². The lowest BCUT2D eigenvalue weighted by Gasteiger charge is -2.10. The lowest BCUT2D eigenvalue weighted by atomic mass is 10.0. The van der Waals surface area contributed by atoms with E-state index in [2.05, 4.69) is 36.2 Å². The summed E-state index contributed by atoms with van der Waals surface area (Å²) >= 11 is 0. The van der Waals surface area contributed by atoms with E-state index in [-0.39, 0.29) is 5.91 Å². The minimum atomic E-state index is -0.418. The molecule has 4 rings (SSSR count). The third-order valence-electron chi connectivity index (χ3n) is 5.34. The van der Waals surface area contributed by atoms with Gasteiger partial charge < -0.3 is 9.88 Å². The van der Waals surface area contributed by atoms with Crippen LogP contribution in [0.25, 0.3) is 11.4 Å². The molecule has 1 aromatic carbocycles. The van der Waals surface area contributed by atoms with Gasteiger partial charge in [0.2, 0.25) is 5.91 Å². The first-order valence-electron chi connectivity index (χ1n) is 9.89. The fourth-order valence-corrected chi connectivity index (χ4v) is 3.61. The molecule has 144 valence electrons. The highest BCUT2D eigenvalue weighted by atomic mass is 16.1. The number of hydrogen-bond donors (Lipinski definition) is 1. The average Bonchev–Trinajstić information content (AvgIpc) is 3.44. The summed E-state index contributed by atoms with van der Waals surface area (Å²) < 4.78 is 2.22. The van der Waals surface area contributed by atoms with Gasteiger partial charge in [0.15, 0.2) is 11.5 Å². The van der Waals surface area contributed by atoms with Gasteiger partial charge in [-0.15, -0.1) is 22.5 Å². The van der Waals surface area contributed by atoms with Crippen molar-refractivity contribution in [3.05, 3.63) is 30.1 Å². The highest BCUT2D eigenvalue weighted by Gasteiger charge is 2.39. The van der Waals surface area contributed by atoms with Crippen molar-refractivity contribution in [3.63, 3.8) is 0 Å². The summed E-state index contributed by atoms with van der Waals surface area (Å²) in [7, 11) is 0. The van der Waals surface area contributed by atoms with Gasteiger partial charge in [0.05, 0.1) is 0 Å². The van der Waals surface area contributed by atoms with Gasteiger partial charge in [-0.1, -0.05) is 6.42 Å². The summed E-state index contributed by atoms with van der Waals surface area (Å²) in [5.41, 5.74) is 1.37. The molecule has 2 aromatic rings. The quantitative estimate of drug-likeness (QED) is 0.742. The van der Waals surface area contributed by atoms with Crippen molar-refractivity contribution in [2.24, 2.45) is 10.2 Å². The molecule has 0 saturated carbocycles. The summed E-state index contributed by atoms with van der Waals surface area (Å²) in [4.78, 5) is 12.2. The number of anilines is 1. The second-order valence-electron chi connectivity index (χ2n) is 7.41. The Kier molecular flexibility index (Phi) is 5.20. The molecule has 0 aliphatic carbocycles. The van der Waals surface area contributed by atoms with Crippen LogP contribution in [0.15, 0.2) is 34.5 Å². The lowest BCUT2D eigenvalue weighted by Crippen LogP contribution is -2.17. The van der Waals surface area contributed by atoms with Crippen LogP contribution in [-0.2, 0) is 17.8 Å². The highest BCUT2D eigenvalue weighted by Crippen LogP contribution is 2.37. The maximum absolute atomic E-state index is 12.2. The Hall–Kier alpha value is -3.01. The van der Waals surface area contributed by atoms with Gasteiger partial charge in [0.25, 0.3) is 0 Å². The molecule has 1 amide bonds. The molecule has 2 aliphatic rings. The predicted molar refractivity (Wildman–Crippen MR) is 107 cm³/mol. The molecular weight excluding hydrogens is 352 g/mol. The average molecular weight is 376 g/mol. The van der Waals surface area contributed by atoms with E-state index in [1.54, 1.807) is 0 Å². The molecule has 0 fully saturated rings. The maximum atomic E-state index is 12.2. The Morgan fingerprint density at radius 2 is 1.96 bits per heavy atom. The zero-order valence-electron chi connectivity index (χ0n) is 15.9. The number of amides is 1. The molecule has 3 heterocycles. The molecule has 0 unspecified atom stereocenters. The van der Waals surface area contributed by atoms with Gasteiger partial charge in [-0.05, 0) is 37.1 Å². The number of carbonyl (C=O) groups is 1. The third kappa shape index (κ3) is 4.11. The molecule has 0 atom stereocenters. The van der Waals surface area contributed by atoms with Gasteiger partial charge in [0, 0.05) is 49.9 Å². The van der Waals surface area contributed by atoms with Gasteiger partial charge in [-0.25, -0.2) is 0 Å². The molecule has 0 spiro atoms. The van der Waals surface area contributed by atoms with Gasteiger partial charge >= 0.3 is 0 Å². The number of rotatable bonds is 7. The maximum Gasteiger partial charge on any atom is 0.224 e. The minimum Gasteiger partial charge on any atom is -0.326 e. The number of hydrogen-bond acceptors (Lipinski definition) is 5. The second-order valence-corrected chi connectivity index (χ2v) is 7.41. The molecule has 1 aromatic heterocycles. The second kappa shape index (κ2) is 7.93. The van der Waals surface area contributed by atoms with Crippen molar-refractivity contribution < 1.29 is 4.79 Å². The van der Waals surface area contributed by atoms with Crippen LogP contribution in [0.5, 0.6) is 0 Å². The fraction of sp³-hybridized carbons (Fsp3) is 0.476. The first-order chi connectivity index (χ1) is 13.7. The van der Waals surface area contributed by atoms with Crippen molar-refractivity contribution in [2.75, 3.05) is 5.32 Å². The molecule has 1 N–H and O–H groups in total. The summed E-state index contributed by atoms with van der Waals surface area (Å²) in [6, 6.07) is 7.78. The van der Waals surface area contributed by atoms with Crippen LogP contribution in [-0.4, -0.2) is 26.3 Å². The molecule has 7 heteroatoms. The van der Waals surface area contributed by atoms with Crippen molar-refractivity contribution in [1.29, 1.82) is 0 Å². The van der Waals surface area contributed by atoms with Gasteiger partial charge in [0.1, 0.15) is 5.82 Å². The van der Waals surface area contributed by atoms with E-state index in [1.165, 1.54) is 12.8 Å². The predicted octanol–water partition coefficient (Wildman–Crippen LogP) is 3.97. The number of aryl methyl sites for hydroxylation is 1. The van der Waals surface area contributed by atoms with Crippen LogP contribution in [0.3, 0.4) is 0 Å². The first-order valence-corrected chi connectivity index (χ1v) is 9.89. The highest BCUT2D eigenvalue weighted by molar-refractivity contribution is 5.91. The van der Waals surface area contributed by atoms with Gasteiger partial charge in [-0.3, -0.25) is 4.79 Å². The number of aromatic nitrogens is 3. The molecule has 28 heavy (non-hydrogen) atoms. The summed E-state index contributed by atoms with van der Waals surface area (Å²) in [5.74, 6) is 4.53. The smallest absolute Gasteiger partial charge is 0.224 e. The number of carbonyl (C=O) groups excluding carboxylic acids is 1. The Bertz CT molecular complexity index is 915. The van der Waals surface area contributed by atoms with E-state index < -0.39 is 5.66 Å². The standard InChI is InChI=1S/C21H24N6O/c1-2-3-13-21(25-26-21)14-12-19(28)22-17-10-8-16(9-11-17)20-24-23-18-7-5-4-6-15-27(18)20/h1,8-11H,3-7,12-15H2,(H,22,28). The molecule has 0 bridgehead atoms. The van der Waals surface area contributed by atoms with E-state index >= 15 is 0 Å². The van der Waals surface area contributed by atoms with E-state index in [9.17, 15) is 4.79 Å². The van der Waals surface area contributed by atoms with E-state index in [4.69, 9.17) is 6.42 Å². The summed E-state index contributed by atoms with van der Waals surface area (Å²) in [6.45, 7) is 0.966. The molecule has 0 radical (unpaired) electrons. The van der Waals surface area contributed by atoms with Crippen LogP contribution in [0.2, 0.25) is 0 Å². The van der Waals surface area contributed by atoms with E-state index in [0.29, 0.717) is 25.7 Å². The number of nitrogens with one attached hydrogen (secondary N) is 1. The van der Waals surface area contributed by atoms with Crippen molar-refractivity contribution >= 4 is 11.6 Å². The molecule has 0 saturated heterocycles. The Morgan fingerprint density at radius 3 is 2.71 bits per heavy atom. The van der Waals surface area contributed by atoms with Crippen molar-refractivity contribution in [1.82, 2.24) is 14.8 Å². The molecule has 7 nitrogen and oxygen atoms in total. The van der Waals surface area contributed by atoms with E-state index in [1.807, 2.05) is 24.3 Å². The largest absolute Gasteiger partial charge is 0.326 e. The Labute approximate surface area is 164 Å². The SMILES string of the molecule is C#CCCC1(CCC(=O)Nc2ccc(-c3nnc4n3CCCCC4)cc2)N=N1. The number of nitrogens with zero attached hydrogens (tertiary/aromatic N) is 5. The first kappa shape index (κ1) is 18.4. The zero-order chi connectivity index (χ0) is 19.4. The minimum absolute atomic E-state index is 0.0403. The van der Waals surface area contributed by atoms with Crippen LogP contribution < -0.4 is 5.32 Å². The van der Waals surface area contributed by atoms with Crippen LogP contribution in [0, 0.1) is 12.3 Å². The summed E-state index contributed by atoms with van der Waals surface area (Å²) in [5, 5.41) is 19.8. The van der Waals surface area contributed by atoms with Crippen LogP contribution in [0.4, 0.5) is 5.69 Å². The lowest BCUT2D eigenvalue weighted by molar-refractivity contribution is -0.116. The van der Waals surface area contributed by atoms with Crippen LogP contribution >= 0.6 is 0 Å². The molecule has 2 aliphatic heterocycles.